The van der Waals surface area contributed by atoms with Gasteiger partial charge in [0.15, 0.2) is 5.76 Å². The van der Waals surface area contributed by atoms with E-state index < -0.39 is 17.5 Å². The van der Waals surface area contributed by atoms with Crippen LogP contribution in [-0.4, -0.2) is 25.5 Å². The predicted octanol–water partition coefficient (Wildman–Crippen LogP) is 1.00. The molecule has 6 nitrogen and oxygen atoms in total. The molecule has 1 aromatic heterocycles. The van der Waals surface area contributed by atoms with Crippen molar-refractivity contribution in [3.63, 3.8) is 0 Å². The molecule has 0 aliphatic carbocycles. The Balaban J connectivity index is 2.32. The maximum absolute atomic E-state index is 11.8. The highest BCUT2D eigenvalue weighted by Gasteiger charge is 2.13. The SMILES string of the molecule is COC(=O)CNC(=O)c1cc2ccc(C)cc2c(=O)o1. The molecule has 0 unspecified atom stereocenters. The van der Waals surface area contributed by atoms with Crippen LogP contribution in [0.25, 0.3) is 10.8 Å². The van der Waals surface area contributed by atoms with Crippen molar-refractivity contribution in [2.75, 3.05) is 13.7 Å². The largest absolute Gasteiger partial charge is 0.468 e. The van der Waals surface area contributed by atoms with Crippen LogP contribution in [0.1, 0.15) is 16.1 Å². The molecule has 104 valence electrons. The van der Waals surface area contributed by atoms with Gasteiger partial charge in [0.05, 0.1) is 12.5 Å². The lowest BCUT2D eigenvalue weighted by Gasteiger charge is -2.04. The van der Waals surface area contributed by atoms with Crippen molar-refractivity contribution in [2.45, 2.75) is 6.92 Å². The number of ether oxygens (including phenoxy) is 1. The average Bonchev–Trinajstić information content (AvgIpc) is 2.44. The zero-order valence-corrected chi connectivity index (χ0v) is 11.1. The number of aryl methyl sites for hydroxylation is 1. The molecule has 0 aliphatic rings. The van der Waals surface area contributed by atoms with Gasteiger partial charge in [-0.25, -0.2) is 4.79 Å². The third kappa shape index (κ3) is 2.85. The Kier molecular flexibility index (Phi) is 3.84. The molecule has 1 N–H and O–H groups in total. The van der Waals surface area contributed by atoms with Gasteiger partial charge in [-0.2, -0.15) is 0 Å². The number of esters is 1. The second-order valence-electron chi connectivity index (χ2n) is 4.25. The first-order valence-corrected chi connectivity index (χ1v) is 5.91. The Hall–Kier alpha value is -2.63. The lowest BCUT2D eigenvalue weighted by Crippen LogP contribution is -2.30. The normalized spacial score (nSPS) is 10.3. The molecule has 0 spiro atoms. The van der Waals surface area contributed by atoms with Crippen LogP contribution >= 0.6 is 0 Å². The fourth-order valence-corrected chi connectivity index (χ4v) is 1.72. The third-order valence-corrected chi connectivity index (χ3v) is 2.76. The van der Waals surface area contributed by atoms with E-state index in [1.54, 1.807) is 12.1 Å². The molecule has 2 rings (SSSR count). The summed E-state index contributed by atoms with van der Waals surface area (Å²) in [6.45, 7) is 1.57. The highest BCUT2D eigenvalue weighted by atomic mass is 16.5. The van der Waals surface area contributed by atoms with Gasteiger partial charge >= 0.3 is 11.6 Å². The van der Waals surface area contributed by atoms with Crippen LogP contribution in [0.5, 0.6) is 0 Å². The van der Waals surface area contributed by atoms with Crippen LogP contribution in [0, 0.1) is 6.92 Å². The summed E-state index contributed by atoms with van der Waals surface area (Å²) in [5, 5.41) is 3.32. The molecular formula is C14H13NO5. The first-order chi connectivity index (χ1) is 9.51. The Morgan fingerprint density at radius 3 is 2.75 bits per heavy atom. The van der Waals surface area contributed by atoms with Gasteiger partial charge in [0.25, 0.3) is 5.91 Å². The summed E-state index contributed by atoms with van der Waals surface area (Å²) in [6.07, 6.45) is 0. The van der Waals surface area contributed by atoms with Crippen LogP contribution < -0.4 is 10.9 Å². The first kappa shape index (κ1) is 13.8. The summed E-state index contributed by atoms with van der Waals surface area (Å²) in [5.41, 5.74) is 0.335. The molecule has 2 aromatic rings. The maximum atomic E-state index is 11.8. The maximum Gasteiger partial charge on any atom is 0.344 e. The third-order valence-electron chi connectivity index (χ3n) is 2.76. The molecule has 1 amide bonds. The van der Waals surface area contributed by atoms with E-state index in [2.05, 4.69) is 10.1 Å². The standard InChI is InChI=1S/C14H13NO5/c1-8-3-4-9-6-11(20-14(18)10(9)5-8)13(17)15-7-12(16)19-2/h3-6H,7H2,1-2H3,(H,15,17). The Bertz CT molecular complexity index is 732. The number of hydrogen-bond acceptors (Lipinski definition) is 5. The van der Waals surface area contributed by atoms with Crippen LogP contribution in [0.3, 0.4) is 0 Å². The molecule has 0 atom stereocenters. The van der Waals surface area contributed by atoms with E-state index in [4.69, 9.17) is 4.42 Å². The van der Waals surface area contributed by atoms with Gasteiger partial charge in [0.2, 0.25) is 0 Å². The summed E-state index contributed by atoms with van der Waals surface area (Å²) in [6, 6.07) is 6.72. The monoisotopic (exact) mass is 275 g/mol. The van der Waals surface area contributed by atoms with Crippen LogP contribution in [0.15, 0.2) is 33.5 Å². The molecular weight excluding hydrogens is 262 g/mol. The van der Waals surface area contributed by atoms with Crippen LogP contribution in [-0.2, 0) is 9.53 Å². The molecule has 0 radical (unpaired) electrons. The molecule has 0 aliphatic heterocycles. The van der Waals surface area contributed by atoms with Crippen molar-refractivity contribution in [1.82, 2.24) is 5.32 Å². The number of methoxy groups -OCH3 is 1. The number of amides is 1. The second-order valence-corrected chi connectivity index (χ2v) is 4.25. The zero-order valence-electron chi connectivity index (χ0n) is 11.1. The fourth-order valence-electron chi connectivity index (χ4n) is 1.72. The topological polar surface area (TPSA) is 85.6 Å². The van der Waals surface area contributed by atoms with Gasteiger partial charge in [-0.05, 0) is 24.4 Å². The quantitative estimate of drug-likeness (QED) is 0.845. The number of nitrogens with one attached hydrogen (secondary N) is 1. The van der Waals surface area contributed by atoms with Gasteiger partial charge in [0, 0.05) is 0 Å². The Morgan fingerprint density at radius 1 is 1.30 bits per heavy atom. The van der Waals surface area contributed by atoms with E-state index in [0.29, 0.717) is 10.8 Å². The minimum atomic E-state index is -0.644. The molecule has 6 heteroatoms. The molecule has 0 bridgehead atoms. The molecule has 1 aromatic carbocycles. The molecule has 0 saturated carbocycles. The average molecular weight is 275 g/mol. The van der Waals surface area contributed by atoms with E-state index in [-0.39, 0.29) is 12.3 Å². The van der Waals surface area contributed by atoms with E-state index in [1.807, 2.05) is 13.0 Å². The van der Waals surface area contributed by atoms with Gasteiger partial charge < -0.3 is 14.5 Å². The summed E-state index contributed by atoms with van der Waals surface area (Å²) in [7, 11) is 1.22. The van der Waals surface area contributed by atoms with Gasteiger partial charge in [-0.1, -0.05) is 17.7 Å². The summed E-state index contributed by atoms with van der Waals surface area (Å²) >= 11 is 0. The zero-order chi connectivity index (χ0) is 14.7. The van der Waals surface area contributed by atoms with Gasteiger partial charge in [0.1, 0.15) is 6.54 Å². The number of rotatable bonds is 3. The van der Waals surface area contributed by atoms with E-state index >= 15 is 0 Å². The minimum absolute atomic E-state index is 0.143. The Labute approximate surface area is 114 Å². The fraction of sp³-hybridized carbons (Fsp3) is 0.214. The van der Waals surface area contributed by atoms with Crippen molar-refractivity contribution < 1.29 is 18.7 Å². The van der Waals surface area contributed by atoms with Crippen LogP contribution in [0.2, 0.25) is 0 Å². The van der Waals surface area contributed by atoms with E-state index in [9.17, 15) is 14.4 Å². The van der Waals surface area contributed by atoms with Gasteiger partial charge in [-0.15, -0.1) is 0 Å². The van der Waals surface area contributed by atoms with Crippen molar-refractivity contribution in [2.24, 2.45) is 0 Å². The summed E-state index contributed by atoms with van der Waals surface area (Å²) < 4.78 is 9.35. The van der Waals surface area contributed by atoms with Crippen molar-refractivity contribution in [3.8, 4) is 0 Å². The first-order valence-electron chi connectivity index (χ1n) is 5.91. The van der Waals surface area contributed by atoms with E-state index in [1.165, 1.54) is 13.2 Å². The molecule has 20 heavy (non-hydrogen) atoms. The number of carbonyl (C=O) groups is 2. The van der Waals surface area contributed by atoms with Crippen LogP contribution in [0.4, 0.5) is 0 Å². The van der Waals surface area contributed by atoms with Crippen molar-refractivity contribution in [1.29, 1.82) is 0 Å². The number of fused-ring (bicyclic) bond motifs is 1. The molecule has 0 saturated heterocycles. The highest BCUT2D eigenvalue weighted by Crippen LogP contribution is 2.14. The minimum Gasteiger partial charge on any atom is -0.468 e. The molecule has 0 fully saturated rings. The number of hydrogen-bond donors (Lipinski definition) is 1. The summed E-state index contributed by atoms with van der Waals surface area (Å²) in [4.78, 5) is 34.5. The Morgan fingerprint density at radius 2 is 2.05 bits per heavy atom. The number of carbonyl (C=O) groups excluding carboxylic acids is 2. The lowest BCUT2D eigenvalue weighted by molar-refractivity contribution is -0.139. The highest BCUT2D eigenvalue weighted by molar-refractivity contribution is 5.96. The lowest BCUT2D eigenvalue weighted by atomic mass is 10.1. The predicted molar refractivity (Wildman–Crippen MR) is 71.6 cm³/mol. The van der Waals surface area contributed by atoms with Crippen molar-refractivity contribution >= 4 is 22.6 Å². The van der Waals surface area contributed by atoms with Crippen molar-refractivity contribution in [3.05, 3.63) is 46.0 Å². The van der Waals surface area contributed by atoms with Gasteiger partial charge in [-0.3, -0.25) is 9.59 Å². The molecule has 1 heterocycles. The summed E-state index contributed by atoms with van der Waals surface area (Å²) in [5.74, 6) is -1.37. The smallest absolute Gasteiger partial charge is 0.344 e. The van der Waals surface area contributed by atoms with E-state index in [0.717, 1.165) is 5.56 Å². The number of benzene rings is 1. The second kappa shape index (κ2) is 5.56.